The van der Waals surface area contributed by atoms with Crippen LogP contribution < -0.4 is 11.1 Å². The number of nitrogens with two attached hydrogens (primary N) is 1. The smallest absolute Gasteiger partial charge is 0.222 e. The van der Waals surface area contributed by atoms with Crippen LogP contribution in [-0.2, 0) is 4.79 Å². The Labute approximate surface area is 210 Å². The summed E-state index contributed by atoms with van der Waals surface area (Å²) in [5.74, 6) is 2.01. The molecular weight excluding hydrogens is 448 g/mol. The van der Waals surface area contributed by atoms with E-state index in [1.54, 1.807) is 13.2 Å². The molecule has 2 aliphatic carbocycles. The van der Waals surface area contributed by atoms with E-state index in [1.165, 1.54) is 5.57 Å². The van der Waals surface area contributed by atoms with Gasteiger partial charge in [-0.05, 0) is 48.5 Å². The first kappa shape index (κ1) is 22.5. The fourth-order valence-electron chi connectivity index (χ4n) is 5.75. The predicted octanol–water partition coefficient (Wildman–Crippen LogP) is 4.47. The Bertz CT molecular complexity index is 1440. The van der Waals surface area contributed by atoms with Crippen molar-refractivity contribution in [2.75, 3.05) is 12.8 Å². The molecule has 3 N–H and O–H groups in total. The molecule has 182 valence electrons. The third-order valence-electron chi connectivity index (χ3n) is 7.70. The molecule has 6 rings (SSSR count). The molecular formula is C29H30N6O. The highest BCUT2D eigenvalue weighted by molar-refractivity contribution is 6.10. The van der Waals surface area contributed by atoms with Crippen molar-refractivity contribution in [3.05, 3.63) is 89.7 Å². The molecule has 3 heterocycles. The fourth-order valence-corrected chi connectivity index (χ4v) is 5.75. The number of nitrogens with zero attached hydrogens (tertiary/aromatic N) is 4. The Morgan fingerprint density at radius 2 is 1.89 bits per heavy atom. The van der Waals surface area contributed by atoms with Gasteiger partial charge in [-0.1, -0.05) is 48.6 Å². The van der Waals surface area contributed by atoms with Crippen molar-refractivity contribution >= 4 is 28.5 Å². The molecule has 1 aliphatic heterocycles. The van der Waals surface area contributed by atoms with E-state index in [0.717, 1.165) is 66.0 Å². The Balaban J connectivity index is 1.33. The van der Waals surface area contributed by atoms with Crippen LogP contribution in [-0.4, -0.2) is 39.1 Å². The number of amides is 1. The summed E-state index contributed by atoms with van der Waals surface area (Å²) < 4.78 is 2.11. The maximum Gasteiger partial charge on any atom is 0.222 e. The number of aromatic nitrogens is 3. The van der Waals surface area contributed by atoms with Crippen LogP contribution in [0, 0.1) is 5.92 Å². The summed E-state index contributed by atoms with van der Waals surface area (Å²) in [4.78, 5) is 26.8. The molecule has 1 saturated carbocycles. The summed E-state index contributed by atoms with van der Waals surface area (Å²) in [7, 11) is 1.71. The molecule has 0 saturated heterocycles. The third kappa shape index (κ3) is 3.94. The number of allylic oxidation sites excluding steroid dienone is 3. The number of carbonyl (C=O) groups excluding carboxylic acids is 1. The zero-order valence-electron chi connectivity index (χ0n) is 20.4. The number of anilines is 1. The van der Waals surface area contributed by atoms with Crippen LogP contribution in [0.25, 0.3) is 11.1 Å². The van der Waals surface area contributed by atoms with Crippen molar-refractivity contribution < 1.29 is 4.79 Å². The molecule has 2 aromatic heterocycles. The summed E-state index contributed by atoms with van der Waals surface area (Å²) in [5, 5.41) is 2.80. The second-order valence-electron chi connectivity index (χ2n) is 9.80. The van der Waals surface area contributed by atoms with E-state index in [0.29, 0.717) is 5.82 Å². The number of fused-ring (bicyclic) bond motifs is 2. The minimum absolute atomic E-state index is 0.0475. The summed E-state index contributed by atoms with van der Waals surface area (Å²) in [5.41, 5.74) is 12.6. The van der Waals surface area contributed by atoms with Crippen LogP contribution in [0.1, 0.15) is 55.1 Å². The average Bonchev–Trinajstić information content (AvgIpc) is 3.33. The highest BCUT2D eigenvalue weighted by atomic mass is 16.1. The van der Waals surface area contributed by atoms with E-state index in [4.69, 9.17) is 15.7 Å². The predicted molar refractivity (Wildman–Crippen MR) is 143 cm³/mol. The minimum Gasteiger partial charge on any atom is -0.382 e. The van der Waals surface area contributed by atoms with Gasteiger partial charge in [0, 0.05) is 37.7 Å². The van der Waals surface area contributed by atoms with Crippen LogP contribution in [0.2, 0.25) is 0 Å². The van der Waals surface area contributed by atoms with Crippen molar-refractivity contribution in [3.63, 3.8) is 0 Å². The Hall–Kier alpha value is -4.00. The topological polar surface area (TPSA) is 97.7 Å². The van der Waals surface area contributed by atoms with Crippen LogP contribution in [0.15, 0.2) is 77.6 Å². The summed E-state index contributed by atoms with van der Waals surface area (Å²) in [6.07, 6.45) is 16.6. The molecule has 0 radical (unpaired) electrons. The number of aliphatic imine (C=N–C) groups is 1. The Morgan fingerprint density at radius 1 is 1.08 bits per heavy atom. The fraction of sp³-hybridized carbons (Fsp3) is 0.310. The van der Waals surface area contributed by atoms with Crippen molar-refractivity contribution in [1.82, 2.24) is 19.7 Å². The van der Waals surface area contributed by atoms with Crippen LogP contribution in [0.5, 0.6) is 0 Å². The van der Waals surface area contributed by atoms with Crippen LogP contribution >= 0.6 is 0 Å². The number of rotatable bonds is 4. The number of dihydropyridines is 1. The largest absolute Gasteiger partial charge is 0.382 e. The van der Waals surface area contributed by atoms with Gasteiger partial charge in [0.1, 0.15) is 17.2 Å². The second-order valence-corrected chi connectivity index (χ2v) is 9.80. The van der Waals surface area contributed by atoms with Gasteiger partial charge in [0.2, 0.25) is 5.91 Å². The van der Waals surface area contributed by atoms with Gasteiger partial charge < -0.3 is 11.1 Å². The van der Waals surface area contributed by atoms with Gasteiger partial charge in [0.25, 0.3) is 0 Å². The third-order valence-corrected chi connectivity index (χ3v) is 7.70. The number of imidazole rings is 1. The number of nitrogen functional groups attached to an aromatic ring is 1. The maximum atomic E-state index is 12.1. The highest BCUT2D eigenvalue weighted by Crippen LogP contribution is 2.39. The Morgan fingerprint density at radius 3 is 2.67 bits per heavy atom. The standard InChI is InChI=1S/C29H30N6O/c1-31-29(36)21-10-8-20(9-11-21)28-34-25(26-27(30)32-15-16-35(26)28)22-12-7-19-13-14-23(33-24(19)17-22)18-5-3-2-4-6-18/h2-7,12-16,20-21,24H,8-11,17H2,1H3,(H2,30,32)(H,31,36). The lowest BCUT2D eigenvalue weighted by molar-refractivity contribution is -0.125. The van der Waals surface area contributed by atoms with E-state index >= 15 is 0 Å². The molecule has 36 heavy (non-hydrogen) atoms. The maximum absolute atomic E-state index is 12.1. The lowest BCUT2D eigenvalue weighted by Crippen LogP contribution is -2.30. The normalized spacial score (nSPS) is 23.5. The van der Waals surface area contributed by atoms with Crippen molar-refractivity contribution in [1.29, 1.82) is 0 Å². The van der Waals surface area contributed by atoms with Crippen molar-refractivity contribution in [3.8, 4) is 0 Å². The van der Waals surface area contributed by atoms with Crippen LogP contribution in [0.4, 0.5) is 5.82 Å². The monoisotopic (exact) mass is 478 g/mol. The number of hydrogen-bond acceptors (Lipinski definition) is 5. The minimum atomic E-state index is 0.0475. The quantitative estimate of drug-likeness (QED) is 0.578. The molecule has 3 aromatic rings. The average molecular weight is 479 g/mol. The first-order valence-corrected chi connectivity index (χ1v) is 12.7. The van der Waals surface area contributed by atoms with E-state index < -0.39 is 0 Å². The molecule has 1 fully saturated rings. The van der Waals surface area contributed by atoms with Gasteiger partial charge in [-0.15, -0.1) is 0 Å². The van der Waals surface area contributed by atoms with Crippen molar-refractivity contribution in [2.45, 2.75) is 44.1 Å². The van der Waals surface area contributed by atoms with E-state index in [2.05, 4.69) is 51.1 Å². The van der Waals surface area contributed by atoms with Gasteiger partial charge in [-0.2, -0.15) is 0 Å². The van der Waals surface area contributed by atoms with Gasteiger partial charge >= 0.3 is 0 Å². The lowest BCUT2D eigenvalue weighted by atomic mass is 9.81. The molecule has 1 unspecified atom stereocenters. The van der Waals surface area contributed by atoms with Gasteiger partial charge in [0.15, 0.2) is 0 Å². The molecule has 1 amide bonds. The van der Waals surface area contributed by atoms with Gasteiger partial charge in [-0.25, -0.2) is 9.97 Å². The number of benzene rings is 1. The number of carbonyl (C=O) groups is 1. The number of hydrogen-bond donors (Lipinski definition) is 2. The zero-order valence-corrected chi connectivity index (χ0v) is 20.4. The van der Waals surface area contributed by atoms with E-state index in [1.807, 2.05) is 24.4 Å². The highest BCUT2D eigenvalue weighted by Gasteiger charge is 2.31. The molecule has 0 spiro atoms. The van der Waals surface area contributed by atoms with E-state index in [9.17, 15) is 4.79 Å². The first-order chi connectivity index (χ1) is 17.6. The zero-order chi connectivity index (χ0) is 24.6. The van der Waals surface area contributed by atoms with E-state index in [-0.39, 0.29) is 23.8 Å². The van der Waals surface area contributed by atoms with Gasteiger partial charge in [-0.3, -0.25) is 14.2 Å². The molecule has 7 nitrogen and oxygen atoms in total. The molecule has 1 atom stereocenters. The summed E-state index contributed by atoms with van der Waals surface area (Å²) >= 11 is 0. The van der Waals surface area contributed by atoms with Crippen LogP contribution in [0.3, 0.4) is 0 Å². The molecule has 3 aliphatic rings. The molecule has 7 heteroatoms. The summed E-state index contributed by atoms with van der Waals surface area (Å²) in [6.45, 7) is 0. The van der Waals surface area contributed by atoms with Gasteiger partial charge in [0.05, 0.1) is 17.4 Å². The second kappa shape index (κ2) is 9.22. The lowest BCUT2D eigenvalue weighted by Gasteiger charge is -2.26. The summed E-state index contributed by atoms with van der Waals surface area (Å²) in [6, 6.07) is 10.3. The Kier molecular flexibility index (Phi) is 5.76. The molecule has 1 aromatic carbocycles. The van der Waals surface area contributed by atoms with Crippen molar-refractivity contribution in [2.24, 2.45) is 10.9 Å². The molecule has 0 bridgehead atoms. The first-order valence-electron chi connectivity index (χ1n) is 12.7. The SMILES string of the molecule is CNC(=O)C1CCC(c2nc(C3=CC=C4C=CC(c5ccccc5)=NC4C3)c3c(N)nccn23)CC1. The number of nitrogens with one attached hydrogen (secondary N) is 1.